The van der Waals surface area contributed by atoms with Crippen LogP contribution in [-0.4, -0.2) is 22.5 Å². The van der Waals surface area contributed by atoms with E-state index >= 15 is 0 Å². The van der Waals surface area contributed by atoms with Crippen LogP contribution in [0, 0.1) is 12.7 Å². The summed E-state index contributed by atoms with van der Waals surface area (Å²) in [6.45, 7) is 4.60. The van der Waals surface area contributed by atoms with E-state index in [4.69, 9.17) is 0 Å². The molecule has 1 heterocycles. The molecule has 0 aliphatic carbocycles. The molecule has 2 N–H and O–H groups in total. The Labute approximate surface area is 139 Å². The number of rotatable bonds is 7. The molecule has 0 aliphatic heterocycles. The maximum Gasteiger partial charge on any atom is 0.222 e. The third kappa shape index (κ3) is 5.11. The molecule has 2 aromatic rings. The molecule has 0 bridgehead atoms. The Hall–Kier alpha value is -1.79. The highest BCUT2D eigenvalue weighted by atomic mass is 32.1. The fraction of sp³-hybridized carbons (Fsp3) is 0.412. The number of carbonyl (C=O) groups excluding carboxylic acids is 1. The molecule has 0 radical (unpaired) electrons. The van der Waals surface area contributed by atoms with Crippen LogP contribution in [0.15, 0.2) is 24.3 Å². The van der Waals surface area contributed by atoms with Gasteiger partial charge in [-0.3, -0.25) is 4.79 Å². The van der Waals surface area contributed by atoms with Crippen molar-refractivity contribution in [2.45, 2.75) is 39.2 Å². The lowest BCUT2D eigenvalue weighted by Gasteiger charge is -2.11. The number of aryl methyl sites for hydroxylation is 2. The van der Waals surface area contributed by atoms with E-state index in [9.17, 15) is 14.3 Å². The van der Waals surface area contributed by atoms with Crippen molar-refractivity contribution in [2.75, 3.05) is 6.54 Å². The zero-order valence-electron chi connectivity index (χ0n) is 13.3. The van der Waals surface area contributed by atoms with Gasteiger partial charge >= 0.3 is 0 Å². The average molecular weight is 336 g/mol. The summed E-state index contributed by atoms with van der Waals surface area (Å²) < 4.78 is 13.1. The normalized spacial score (nSPS) is 12.2. The highest BCUT2D eigenvalue weighted by Gasteiger charge is 2.13. The van der Waals surface area contributed by atoms with Crippen LogP contribution >= 0.6 is 11.3 Å². The molecule has 1 aromatic carbocycles. The number of hydrogen-bond acceptors (Lipinski definition) is 4. The first-order valence-corrected chi connectivity index (χ1v) is 8.46. The molecular formula is C17H21FN2O2S. The number of nitrogens with zero attached hydrogens (tertiary/aromatic N) is 1. The summed E-state index contributed by atoms with van der Waals surface area (Å²) in [5.74, 6) is -0.682. The van der Waals surface area contributed by atoms with Crippen LogP contribution in [0.25, 0.3) is 0 Å². The van der Waals surface area contributed by atoms with Gasteiger partial charge in [0.25, 0.3) is 0 Å². The predicted octanol–water partition coefficient (Wildman–Crippen LogP) is 2.94. The van der Waals surface area contributed by atoms with Gasteiger partial charge in [0.15, 0.2) is 0 Å². The Morgan fingerprint density at radius 1 is 1.48 bits per heavy atom. The first-order chi connectivity index (χ1) is 11.0. The number of benzene rings is 1. The molecule has 2 rings (SSSR count). The van der Waals surface area contributed by atoms with Crippen LogP contribution < -0.4 is 5.32 Å². The van der Waals surface area contributed by atoms with Crippen molar-refractivity contribution < 1.29 is 14.3 Å². The van der Waals surface area contributed by atoms with Crippen molar-refractivity contribution in [1.29, 1.82) is 0 Å². The fourth-order valence-electron chi connectivity index (χ4n) is 2.31. The van der Waals surface area contributed by atoms with Crippen molar-refractivity contribution >= 4 is 17.2 Å². The summed E-state index contributed by atoms with van der Waals surface area (Å²) in [5, 5.41) is 13.7. The molecule has 6 heteroatoms. The fourth-order valence-corrected chi connectivity index (χ4v) is 3.33. The molecule has 1 unspecified atom stereocenters. The molecular weight excluding hydrogens is 315 g/mol. The van der Waals surface area contributed by atoms with Gasteiger partial charge in [0.2, 0.25) is 5.91 Å². The molecule has 0 fully saturated rings. The van der Waals surface area contributed by atoms with Crippen molar-refractivity contribution in [3.63, 3.8) is 0 Å². The van der Waals surface area contributed by atoms with Crippen LogP contribution in [0.5, 0.6) is 0 Å². The molecule has 0 spiro atoms. The molecule has 0 saturated heterocycles. The SMILES string of the molecule is CCc1nc(CCNC(=O)CC(O)c2cccc(F)c2)sc1C. The molecule has 1 aromatic heterocycles. The second kappa shape index (κ2) is 8.17. The third-order valence-corrected chi connectivity index (χ3v) is 4.62. The molecule has 4 nitrogen and oxygen atoms in total. The van der Waals surface area contributed by atoms with E-state index in [0.29, 0.717) is 18.5 Å². The van der Waals surface area contributed by atoms with Crippen LogP contribution in [0.2, 0.25) is 0 Å². The lowest BCUT2D eigenvalue weighted by Crippen LogP contribution is -2.27. The van der Waals surface area contributed by atoms with Gasteiger partial charge in [-0.25, -0.2) is 9.37 Å². The Balaban J connectivity index is 1.78. The van der Waals surface area contributed by atoms with Gasteiger partial charge in [0, 0.05) is 17.8 Å². The van der Waals surface area contributed by atoms with Crippen molar-refractivity contribution in [1.82, 2.24) is 10.3 Å². The molecule has 0 saturated carbocycles. The Morgan fingerprint density at radius 3 is 2.91 bits per heavy atom. The van der Waals surface area contributed by atoms with E-state index in [1.807, 2.05) is 6.92 Å². The standard InChI is InChI=1S/C17H21FN2O2S/c1-3-14-11(2)23-17(20-14)7-8-19-16(22)10-15(21)12-5-4-6-13(18)9-12/h4-6,9,15,21H,3,7-8,10H2,1-2H3,(H,19,22). The van der Waals surface area contributed by atoms with Crippen LogP contribution in [0.4, 0.5) is 4.39 Å². The predicted molar refractivity (Wildman–Crippen MR) is 88.9 cm³/mol. The zero-order valence-corrected chi connectivity index (χ0v) is 14.1. The van der Waals surface area contributed by atoms with Crippen molar-refractivity contribution in [2.24, 2.45) is 0 Å². The van der Waals surface area contributed by atoms with Gasteiger partial charge in [0.1, 0.15) is 5.82 Å². The van der Waals surface area contributed by atoms with Gasteiger partial charge in [-0.2, -0.15) is 0 Å². The van der Waals surface area contributed by atoms with Crippen molar-refractivity contribution in [3.05, 3.63) is 51.2 Å². The summed E-state index contributed by atoms with van der Waals surface area (Å²) in [4.78, 5) is 17.6. The minimum absolute atomic E-state index is 0.0828. The molecule has 1 amide bonds. The Bertz CT molecular complexity index is 672. The van der Waals surface area contributed by atoms with Crippen LogP contribution in [-0.2, 0) is 17.6 Å². The van der Waals surface area contributed by atoms with Gasteiger partial charge < -0.3 is 10.4 Å². The Morgan fingerprint density at radius 2 is 2.26 bits per heavy atom. The van der Waals surface area contributed by atoms with Gasteiger partial charge in [-0.1, -0.05) is 19.1 Å². The first kappa shape index (κ1) is 17.6. The topological polar surface area (TPSA) is 62.2 Å². The number of aliphatic hydroxyl groups is 1. The van der Waals surface area contributed by atoms with E-state index in [2.05, 4.69) is 17.2 Å². The summed E-state index contributed by atoms with van der Waals surface area (Å²) in [7, 11) is 0. The van der Waals surface area contributed by atoms with Crippen molar-refractivity contribution in [3.8, 4) is 0 Å². The Kier molecular flexibility index (Phi) is 6.24. The maximum atomic E-state index is 13.1. The average Bonchev–Trinajstić information content (AvgIpc) is 2.87. The zero-order chi connectivity index (χ0) is 16.8. The highest BCUT2D eigenvalue weighted by Crippen LogP contribution is 2.19. The number of nitrogens with one attached hydrogen (secondary N) is 1. The summed E-state index contributed by atoms with van der Waals surface area (Å²) in [6.07, 6.45) is 0.502. The minimum atomic E-state index is -1.00. The third-order valence-electron chi connectivity index (χ3n) is 3.55. The second-order valence-electron chi connectivity index (χ2n) is 5.34. The monoisotopic (exact) mass is 336 g/mol. The van der Waals surface area contributed by atoms with E-state index in [1.54, 1.807) is 17.4 Å². The summed E-state index contributed by atoms with van der Waals surface area (Å²) in [5.41, 5.74) is 1.51. The lowest BCUT2D eigenvalue weighted by atomic mass is 10.1. The summed E-state index contributed by atoms with van der Waals surface area (Å²) >= 11 is 1.65. The van der Waals surface area contributed by atoms with E-state index < -0.39 is 11.9 Å². The number of amides is 1. The lowest BCUT2D eigenvalue weighted by molar-refractivity contribution is -0.123. The molecule has 0 aliphatic rings. The first-order valence-electron chi connectivity index (χ1n) is 7.65. The molecule has 23 heavy (non-hydrogen) atoms. The second-order valence-corrected chi connectivity index (χ2v) is 6.63. The molecule has 1 atom stereocenters. The van der Waals surface area contributed by atoms with Crippen LogP contribution in [0.1, 0.15) is 40.6 Å². The van der Waals surface area contributed by atoms with E-state index in [-0.39, 0.29) is 12.3 Å². The molecule has 124 valence electrons. The highest BCUT2D eigenvalue weighted by molar-refractivity contribution is 7.11. The number of halogens is 1. The number of hydrogen-bond donors (Lipinski definition) is 2. The number of carbonyl (C=O) groups is 1. The van der Waals surface area contributed by atoms with E-state index in [0.717, 1.165) is 17.1 Å². The minimum Gasteiger partial charge on any atom is -0.388 e. The number of aliphatic hydroxyl groups excluding tert-OH is 1. The van der Waals surface area contributed by atoms with Gasteiger partial charge in [-0.05, 0) is 31.0 Å². The summed E-state index contributed by atoms with van der Waals surface area (Å²) in [6, 6.07) is 5.66. The van der Waals surface area contributed by atoms with Gasteiger partial charge in [-0.15, -0.1) is 11.3 Å². The van der Waals surface area contributed by atoms with E-state index in [1.165, 1.54) is 23.1 Å². The number of aromatic nitrogens is 1. The number of thiazole rings is 1. The largest absolute Gasteiger partial charge is 0.388 e. The van der Waals surface area contributed by atoms with Crippen LogP contribution in [0.3, 0.4) is 0 Å². The quantitative estimate of drug-likeness (QED) is 0.817. The maximum absolute atomic E-state index is 13.1. The smallest absolute Gasteiger partial charge is 0.222 e. The van der Waals surface area contributed by atoms with Gasteiger partial charge in [0.05, 0.1) is 23.2 Å².